The highest BCUT2D eigenvalue weighted by molar-refractivity contribution is 5.79. The number of hydrogen-bond acceptors (Lipinski definition) is 6. The zero-order valence-corrected chi connectivity index (χ0v) is 9.70. The minimum Gasteiger partial charge on any atom is -0.469 e. The molecule has 7 nitrogen and oxygen atoms in total. The van der Waals surface area contributed by atoms with Crippen molar-refractivity contribution in [2.45, 2.75) is 12.8 Å². The maximum absolute atomic E-state index is 11.5. The molecule has 0 aliphatic rings. The molecule has 1 heterocycles. The Morgan fingerprint density at radius 2 is 1.94 bits per heavy atom. The van der Waals surface area contributed by atoms with E-state index in [1.54, 1.807) is 24.3 Å². The zero-order chi connectivity index (χ0) is 13.0. The number of nitrogens with zero attached hydrogens (tertiary/aromatic N) is 3. The van der Waals surface area contributed by atoms with Gasteiger partial charge in [-0.3, -0.25) is 4.79 Å². The van der Waals surface area contributed by atoms with E-state index in [0.29, 0.717) is 11.0 Å². The lowest BCUT2D eigenvalue weighted by Crippen LogP contribution is -2.21. The molecule has 0 bridgehead atoms. The minimum absolute atomic E-state index is 0.0258. The van der Waals surface area contributed by atoms with Gasteiger partial charge in [0.2, 0.25) is 0 Å². The molecule has 7 heteroatoms. The van der Waals surface area contributed by atoms with E-state index in [2.05, 4.69) is 15.0 Å². The number of benzene rings is 1. The topological polar surface area (TPSA) is 83.3 Å². The van der Waals surface area contributed by atoms with Gasteiger partial charge in [0, 0.05) is 0 Å². The summed E-state index contributed by atoms with van der Waals surface area (Å²) in [5.74, 6) is -1.04. The molecular formula is C11H11N3O4. The van der Waals surface area contributed by atoms with Crippen LogP contribution in [-0.4, -0.2) is 34.2 Å². The number of carbonyl (C=O) groups excluding carboxylic acids is 2. The van der Waals surface area contributed by atoms with E-state index >= 15 is 0 Å². The Bertz CT molecular complexity index is 578. The second kappa shape index (κ2) is 5.26. The van der Waals surface area contributed by atoms with E-state index in [4.69, 9.17) is 4.84 Å². The van der Waals surface area contributed by atoms with Gasteiger partial charge in [-0.25, -0.2) is 4.79 Å². The summed E-state index contributed by atoms with van der Waals surface area (Å²) in [7, 11) is 1.26. The fourth-order valence-electron chi connectivity index (χ4n) is 1.36. The van der Waals surface area contributed by atoms with Crippen LogP contribution in [0.1, 0.15) is 12.8 Å². The number of aromatic nitrogens is 3. The summed E-state index contributed by atoms with van der Waals surface area (Å²) in [5, 5.41) is 7.52. The lowest BCUT2D eigenvalue weighted by molar-refractivity contribution is -0.150. The van der Waals surface area contributed by atoms with Gasteiger partial charge in [-0.1, -0.05) is 17.0 Å². The van der Waals surface area contributed by atoms with Crippen LogP contribution >= 0.6 is 0 Å². The zero-order valence-electron chi connectivity index (χ0n) is 9.70. The summed E-state index contributed by atoms with van der Waals surface area (Å²) in [6.45, 7) is 0. The molecule has 0 amide bonds. The van der Waals surface area contributed by atoms with Crippen LogP contribution in [0.5, 0.6) is 0 Å². The first kappa shape index (κ1) is 12.0. The van der Waals surface area contributed by atoms with Gasteiger partial charge in [0.1, 0.15) is 11.0 Å². The average molecular weight is 249 g/mol. The third-order valence-corrected chi connectivity index (χ3v) is 2.27. The summed E-state index contributed by atoms with van der Waals surface area (Å²) >= 11 is 0. The largest absolute Gasteiger partial charge is 0.469 e. The Morgan fingerprint density at radius 1 is 1.22 bits per heavy atom. The predicted molar refractivity (Wildman–Crippen MR) is 60.4 cm³/mol. The monoisotopic (exact) mass is 249 g/mol. The Labute approximate surface area is 102 Å². The summed E-state index contributed by atoms with van der Waals surface area (Å²) in [5.41, 5.74) is 1.21. The van der Waals surface area contributed by atoms with Crippen LogP contribution in [0, 0.1) is 0 Å². The van der Waals surface area contributed by atoms with Crippen molar-refractivity contribution in [2.24, 2.45) is 0 Å². The number of hydrogen-bond donors (Lipinski definition) is 0. The smallest absolute Gasteiger partial charge is 0.335 e. The molecule has 94 valence electrons. The standard InChI is InChI=1S/C11H11N3O4/c1-17-10(15)6-7-11(16)18-14-9-5-3-2-4-8(9)12-13-14/h2-5H,6-7H2,1H3. The number of esters is 1. The third kappa shape index (κ3) is 2.62. The van der Waals surface area contributed by atoms with E-state index < -0.39 is 11.9 Å². The molecule has 0 unspecified atom stereocenters. The normalized spacial score (nSPS) is 10.3. The van der Waals surface area contributed by atoms with Crippen molar-refractivity contribution in [2.75, 3.05) is 7.11 Å². The van der Waals surface area contributed by atoms with Crippen molar-refractivity contribution in [1.29, 1.82) is 0 Å². The molecule has 0 N–H and O–H groups in total. The number of para-hydroxylation sites is 1. The molecule has 0 aliphatic carbocycles. The molecule has 1 aromatic heterocycles. The van der Waals surface area contributed by atoms with Crippen LogP contribution in [-0.2, 0) is 14.3 Å². The molecule has 18 heavy (non-hydrogen) atoms. The highest BCUT2D eigenvalue weighted by Gasteiger charge is 2.12. The van der Waals surface area contributed by atoms with Crippen LogP contribution < -0.4 is 4.84 Å². The maximum Gasteiger partial charge on any atom is 0.335 e. The number of fused-ring (bicyclic) bond motifs is 1. The van der Waals surface area contributed by atoms with Gasteiger partial charge in [0.15, 0.2) is 0 Å². The Balaban J connectivity index is 2.01. The van der Waals surface area contributed by atoms with Gasteiger partial charge in [0.25, 0.3) is 0 Å². The van der Waals surface area contributed by atoms with Crippen molar-refractivity contribution < 1.29 is 19.2 Å². The lowest BCUT2D eigenvalue weighted by atomic mass is 10.3. The van der Waals surface area contributed by atoms with Crippen molar-refractivity contribution >= 4 is 23.0 Å². The molecule has 0 atom stereocenters. The van der Waals surface area contributed by atoms with E-state index in [1.807, 2.05) is 0 Å². The molecule has 2 aromatic rings. The second-order valence-corrected chi connectivity index (χ2v) is 3.49. The summed E-state index contributed by atoms with van der Waals surface area (Å²) in [6, 6.07) is 7.06. The molecule has 0 fully saturated rings. The van der Waals surface area contributed by atoms with Crippen LogP contribution in [0.15, 0.2) is 24.3 Å². The number of rotatable bonds is 4. The van der Waals surface area contributed by atoms with Crippen LogP contribution in [0.2, 0.25) is 0 Å². The fourth-order valence-corrected chi connectivity index (χ4v) is 1.36. The molecule has 0 saturated carbocycles. The first-order valence-electron chi connectivity index (χ1n) is 5.29. The van der Waals surface area contributed by atoms with E-state index in [9.17, 15) is 9.59 Å². The first-order valence-corrected chi connectivity index (χ1v) is 5.29. The molecule has 0 aliphatic heterocycles. The van der Waals surface area contributed by atoms with Crippen molar-refractivity contribution in [3.63, 3.8) is 0 Å². The fraction of sp³-hybridized carbons (Fsp3) is 0.273. The van der Waals surface area contributed by atoms with Crippen molar-refractivity contribution in [1.82, 2.24) is 15.2 Å². The van der Waals surface area contributed by atoms with Crippen molar-refractivity contribution in [3.8, 4) is 0 Å². The number of carbonyl (C=O) groups is 2. The highest BCUT2D eigenvalue weighted by atomic mass is 16.7. The maximum atomic E-state index is 11.5. The molecule has 0 spiro atoms. The minimum atomic E-state index is -0.573. The Hall–Kier alpha value is -2.44. The lowest BCUT2D eigenvalue weighted by Gasteiger charge is -2.02. The predicted octanol–water partition coefficient (Wildman–Crippen LogP) is 0.340. The van der Waals surface area contributed by atoms with Crippen molar-refractivity contribution in [3.05, 3.63) is 24.3 Å². The Kier molecular flexibility index (Phi) is 3.52. The molecule has 0 radical (unpaired) electrons. The summed E-state index contributed by atoms with van der Waals surface area (Å²) < 4.78 is 4.42. The highest BCUT2D eigenvalue weighted by Crippen LogP contribution is 2.08. The van der Waals surface area contributed by atoms with E-state index in [1.165, 1.54) is 7.11 Å². The first-order chi connectivity index (χ1) is 8.70. The van der Waals surface area contributed by atoms with Crippen LogP contribution in [0.25, 0.3) is 11.0 Å². The third-order valence-electron chi connectivity index (χ3n) is 2.27. The SMILES string of the molecule is COC(=O)CCC(=O)On1nnc2ccccc21. The number of methoxy groups -OCH3 is 1. The molecule has 0 saturated heterocycles. The van der Waals surface area contributed by atoms with Gasteiger partial charge < -0.3 is 9.57 Å². The van der Waals surface area contributed by atoms with Crippen LogP contribution in [0.3, 0.4) is 0 Å². The van der Waals surface area contributed by atoms with Crippen LogP contribution in [0.4, 0.5) is 0 Å². The molecule has 2 rings (SSSR count). The quantitative estimate of drug-likeness (QED) is 0.574. The molecular weight excluding hydrogens is 238 g/mol. The average Bonchev–Trinajstić information content (AvgIpc) is 2.79. The van der Waals surface area contributed by atoms with E-state index in [0.717, 1.165) is 4.85 Å². The Morgan fingerprint density at radius 3 is 2.72 bits per heavy atom. The summed E-state index contributed by atoms with van der Waals surface area (Å²) in [6.07, 6.45) is -0.0944. The molecule has 1 aromatic carbocycles. The van der Waals surface area contributed by atoms with Gasteiger partial charge in [-0.2, -0.15) is 0 Å². The van der Waals surface area contributed by atoms with Gasteiger partial charge in [-0.15, -0.1) is 5.10 Å². The van der Waals surface area contributed by atoms with Gasteiger partial charge in [-0.05, 0) is 17.3 Å². The van der Waals surface area contributed by atoms with Gasteiger partial charge >= 0.3 is 11.9 Å². The van der Waals surface area contributed by atoms with Gasteiger partial charge in [0.05, 0.1) is 20.0 Å². The van der Waals surface area contributed by atoms with E-state index in [-0.39, 0.29) is 12.8 Å². The number of ether oxygens (including phenoxy) is 1. The summed E-state index contributed by atoms with van der Waals surface area (Å²) in [4.78, 5) is 28.3. The second-order valence-electron chi connectivity index (χ2n) is 3.49.